The first-order chi connectivity index (χ1) is 19.6. The summed E-state index contributed by atoms with van der Waals surface area (Å²) in [5, 5.41) is 18.0. The molecule has 7 rings (SSSR count). The van der Waals surface area contributed by atoms with E-state index in [4.69, 9.17) is 5.10 Å². The number of hydrogen-bond donors (Lipinski definition) is 0. The van der Waals surface area contributed by atoms with E-state index in [-0.39, 0.29) is 18.5 Å². The van der Waals surface area contributed by atoms with Gasteiger partial charge in [0.1, 0.15) is 6.54 Å². The van der Waals surface area contributed by atoms with Gasteiger partial charge in [0.2, 0.25) is 0 Å². The van der Waals surface area contributed by atoms with E-state index in [0.717, 1.165) is 32.5 Å². The molecule has 0 aliphatic carbocycles. The Balaban J connectivity index is 1.19. The molecule has 0 N–H and O–H groups in total. The summed E-state index contributed by atoms with van der Waals surface area (Å²) in [7, 11) is 0. The molecule has 3 amide bonds. The van der Waals surface area contributed by atoms with Gasteiger partial charge in [0.15, 0.2) is 12.1 Å². The molecular weight excluding hydrogens is 504 g/mol. The molecule has 4 aromatic rings. The van der Waals surface area contributed by atoms with Crippen molar-refractivity contribution in [3.8, 4) is 0 Å². The molecule has 1 fully saturated rings. The van der Waals surface area contributed by atoms with Crippen LogP contribution in [-0.4, -0.2) is 52.1 Å². The van der Waals surface area contributed by atoms with Crippen LogP contribution in [0.4, 0.5) is 5.69 Å². The summed E-state index contributed by atoms with van der Waals surface area (Å²) in [5.74, 6) is -1.22. The Bertz CT molecular complexity index is 1700. The normalized spacial score (nSPS) is 21.9. The molecule has 3 atom stereocenters. The fourth-order valence-electron chi connectivity index (χ4n) is 5.71. The third kappa shape index (κ3) is 3.86. The van der Waals surface area contributed by atoms with Crippen LogP contribution >= 0.6 is 0 Å². The van der Waals surface area contributed by atoms with Crippen molar-refractivity contribution >= 4 is 39.9 Å². The van der Waals surface area contributed by atoms with Crippen molar-refractivity contribution in [3.63, 3.8) is 0 Å². The Hall–Kier alpha value is -5.18. The molecule has 40 heavy (non-hydrogen) atoms. The molecule has 0 saturated carbocycles. The second-order valence-electron chi connectivity index (χ2n) is 9.98. The number of fused-ring (bicyclic) bond motifs is 2. The van der Waals surface area contributed by atoms with Gasteiger partial charge in [-0.3, -0.25) is 19.4 Å². The van der Waals surface area contributed by atoms with E-state index in [0.29, 0.717) is 12.1 Å². The zero-order valence-corrected chi connectivity index (χ0v) is 21.4. The van der Waals surface area contributed by atoms with Gasteiger partial charge in [-0.1, -0.05) is 96.2 Å². The van der Waals surface area contributed by atoms with Gasteiger partial charge in [0.25, 0.3) is 17.7 Å². The molecule has 3 aliphatic rings. The quantitative estimate of drug-likeness (QED) is 0.356. The summed E-state index contributed by atoms with van der Waals surface area (Å²) in [6.45, 7) is -0.234. The topological polar surface area (TPSA) is 98.0 Å². The summed E-state index contributed by atoms with van der Waals surface area (Å²) in [5.41, 5.74) is 3.21. The third-order valence-electron chi connectivity index (χ3n) is 7.62. The smallest absolute Gasteiger partial charge is 0.264 e. The Morgan fingerprint density at radius 2 is 1.50 bits per heavy atom. The summed E-state index contributed by atoms with van der Waals surface area (Å²) >= 11 is 0. The number of benzene rings is 4. The highest BCUT2D eigenvalue weighted by atomic mass is 16.2. The van der Waals surface area contributed by atoms with Gasteiger partial charge in [-0.2, -0.15) is 10.2 Å². The first kappa shape index (κ1) is 23.9. The summed E-state index contributed by atoms with van der Waals surface area (Å²) in [6, 6.07) is 30.4. The van der Waals surface area contributed by atoms with Crippen LogP contribution in [0.1, 0.15) is 23.6 Å². The second kappa shape index (κ2) is 9.53. The molecular formula is C31H24N6O3. The monoisotopic (exact) mass is 528 g/mol. The summed E-state index contributed by atoms with van der Waals surface area (Å²) in [4.78, 5) is 41.3. The van der Waals surface area contributed by atoms with Crippen molar-refractivity contribution in [1.82, 2.24) is 10.0 Å². The number of carbonyl (C=O) groups excluding carboxylic acids is 3. The van der Waals surface area contributed by atoms with Gasteiger partial charge in [-0.05, 0) is 28.5 Å². The first-order valence-corrected chi connectivity index (χ1v) is 13.1. The standard InChI is InChI=1S/C31H24N6O3/c38-27(19-35-29-28(32-34-35)30(39)36(31(29)40)22-14-5-2-6-15-22)37-26(21-11-3-1-4-12-21)18-25(33-37)24-17-9-13-20-10-7-8-16-23(20)24/h1-17,26,28-29H,18-19H2/t26-,28+,29-/m1/s1. The SMILES string of the molecule is O=C1[C@H]2N=NN(CC(=O)N3N=C(c4cccc5ccccc45)C[C@@H]3c3ccccc3)[C@H]2C(=O)N1c1ccccc1. The number of hydrogen-bond acceptors (Lipinski definition) is 7. The zero-order valence-electron chi connectivity index (χ0n) is 21.4. The minimum absolute atomic E-state index is 0.234. The van der Waals surface area contributed by atoms with Crippen LogP contribution in [-0.2, 0) is 14.4 Å². The van der Waals surface area contributed by atoms with Crippen LogP contribution in [0, 0.1) is 0 Å². The largest absolute Gasteiger partial charge is 0.271 e. The van der Waals surface area contributed by atoms with Gasteiger partial charge in [0.05, 0.1) is 17.4 Å². The molecule has 0 unspecified atom stereocenters. The highest BCUT2D eigenvalue weighted by molar-refractivity contribution is 6.25. The van der Waals surface area contributed by atoms with Gasteiger partial charge >= 0.3 is 0 Å². The number of para-hydroxylation sites is 1. The first-order valence-electron chi connectivity index (χ1n) is 13.1. The van der Waals surface area contributed by atoms with E-state index in [2.05, 4.69) is 28.5 Å². The Kier molecular flexibility index (Phi) is 5.70. The molecule has 9 nitrogen and oxygen atoms in total. The molecule has 0 spiro atoms. The number of nitrogens with zero attached hydrogens (tertiary/aromatic N) is 6. The highest BCUT2D eigenvalue weighted by Gasteiger charge is 2.55. The molecule has 196 valence electrons. The minimum Gasteiger partial charge on any atom is -0.271 e. The van der Waals surface area contributed by atoms with E-state index in [1.54, 1.807) is 24.3 Å². The van der Waals surface area contributed by atoms with Crippen molar-refractivity contribution in [2.24, 2.45) is 15.4 Å². The minimum atomic E-state index is -0.973. The number of carbonyl (C=O) groups is 3. The van der Waals surface area contributed by atoms with Gasteiger partial charge in [0, 0.05) is 12.0 Å². The van der Waals surface area contributed by atoms with Crippen LogP contribution in [0.15, 0.2) is 119 Å². The van der Waals surface area contributed by atoms with Crippen LogP contribution in [0.25, 0.3) is 10.8 Å². The maximum atomic E-state index is 13.8. The Labute approximate surface area is 230 Å². The van der Waals surface area contributed by atoms with E-state index < -0.39 is 23.9 Å². The number of hydrazone groups is 1. The van der Waals surface area contributed by atoms with E-state index in [1.165, 1.54) is 10.0 Å². The van der Waals surface area contributed by atoms with Crippen molar-refractivity contribution in [2.75, 3.05) is 11.4 Å². The maximum Gasteiger partial charge on any atom is 0.264 e. The van der Waals surface area contributed by atoms with Crippen LogP contribution in [0.5, 0.6) is 0 Å². The predicted octanol–water partition coefficient (Wildman–Crippen LogP) is 4.51. The predicted molar refractivity (Wildman–Crippen MR) is 149 cm³/mol. The van der Waals surface area contributed by atoms with E-state index in [9.17, 15) is 14.4 Å². The van der Waals surface area contributed by atoms with Crippen LogP contribution < -0.4 is 4.90 Å². The van der Waals surface area contributed by atoms with Crippen LogP contribution in [0.2, 0.25) is 0 Å². The molecule has 1 saturated heterocycles. The average molecular weight is 529 g/mol. The molecule has 3 aliphatic heterocycles. The third-order valence-corrected chi connectivity index (χ3v) is 7.62. The maximum absolute atomic E-state index is 13.8. The molecule has 0 aromatic heterocycles. The lowest BCUT2D eigenvalue weighted by atomic mass is 9.95. The van der Waals surface area contributed by atoms with Gasteiger partial charge < -0.3 is 0 Å². The Morgan fingerprint density at radius 1 is 0.800 bits per heavy atom. The second-order valence-corrected chi connectivity index (χ2v) is 9.98. The lowest BCUT2D eigenvalue weighted by molar-refractivity contribution is -0.135. The van der Waals surface area contributed by atoms with Crippen molar-refractivity contribution in [3.05, 3.63) is 114 Å². The van der Waals surface area contributed by atoms with Gasteiger partial charge in [-0.15, -0.1) is 0 Å². The Morgan fingerprint density at radius 3 is 2.30 bits per heavy atom. The fraction of sp³-hybridized carbons (Fsp3) is 0.161. The zero-order chi connectivity index (χ0) is 27.2. The summed E-state index contributed by atoms with van der Waals surface area (Å²) in [6.07, 6.45) is 0.538. The number of imide groups is 1. The van der Waals surface area contributed by atoms with Crippen LogP contribution in [0.3, 0.4) is 0 Å². The van der Waals surface area contributed by atoms with Gasteiger partial charge in [-0.25, -0.2) is 9.91 Å². The van der Waals surface area contributed by atoms with Crippen molar-refractivity contribution < 1.29 is 14.4 Å². The highest BCUT2D eigenvalue weighted by Crippen LogP contribution is 2.36. The number of anilines is 1. The molecule has 0 radical (unpaired) electrons. The molecule has 4 aromatic carbocycles. The molecule has 3 heterocycles. The van der Waals surface area contributed by atoms with Crippen molar-refractivity contribution in [1.29, 1.82) is 0 Å². The number of amides is 3. The average Bonchev–Trinajstić information content (AvgIpc) is 3.69. The lowest BCUT2D eigenvalue weighted by Crippen LogP contribution is -2.44. The summed E-state index contributed by atoms with van der Waals surface area (Å²) < 4.78 is 0. The lowest BCUT2D eigenvalue weighted by Gasteiger charge is -2.25. The van der Waals surface area contributed by atoms with Crippen molar-refractivity contribution in [2.45, 2.75) is 24.5 Å². The molecule has 0 bridgehead atoms. The van der Waals surface area contributed by atoms with E-state index in [1.807, 2.05) is 60.7 Å². The fourth-order valence-corrected chi connectivity index (χ4v) is 5.71. The molecule has 9 heteroatoms. The van der Waals surface area contributed by atoms with E-state index >= 15 is 0 Å². The number of rotatable bonds is 5.